The molecule has 0 fully saturated rings. The van der Waals surface area contributed by atoms with Crippen LogP contribution in [0.15, 0.2) is 47.4 Å². The Morgan fingerprint density at radius 1 is 1.16 bits per heavy atom. The zero-order valence-corrected chi connectivity index (χ0v) is 11.5. The van der Waals surface area contributed by atoms with Crippen molar-refractivity contribution in [3.63, 3.8) is 0 Å². The lowest BCUT2D eigenvalue weighted by atomic mass is 10.1. The summed E-state index contributed by atoms with van der Waals surface area (Å²) >= 11 is 1.59. The van der Waals surface area contributed by atoms with Gasteiger partial charge in [-0.1, -0.05) is 18.2 Å². The first kappa shape index (κ1) is 13.5. The number of hydrogen-bond acceptors (Lipinski definition) is 3. The van der Waals surface area contributed by atoms with Gasteiger partial charge in [0, 0.05) is 4.90 Å². The van der Waals surface area contributed by atoms with E-state index in [1.54, 1.807) is 30.0 Å². The molecule has 0 saturated heterocycles. The fraction of sp³-hybridized carbons (Fsp3) is 0.133. The van der Waals surface area contributed by atoms with Crippen molar-refractivity contribution in [1.29, 1.82) is 0 Å². The van der Waals surface area contributed by atoms with Crippen LogP contribution in [0.4, 0.5) is 0 Å². The predicted octanol–water partition coefficient (Wildman–Crippen LogP) is 4.21. The molecule has 98 valence electrons. The molecule has 0 aromatic heterocycles. The van der Waals surface area contributed by atoms with Crippen LogP contribution in [0.5, 0.6) is 11.5 Å². The van der Waals surface area contributed by atoms with Crippen LogP contribution in [0.25, 0.3) is 0 Å². The number of ether oxygens (including phenoxy) is 1. The SMILES string of the molecule is CSc1ccccc1Oc1cc(C(=O)O)ccc1C. The van der Waals surface area contributed by atoms with Gasteiger partial charge in [0.25, 0.3) is 0 Å². The topological polar surface area (TPSA) is 46.5 Å². The monoisotopic (exact) mass is 274 g/mol. The van der Waals surface area contributed by atoms with Gasteiger partial charge in [-0.25, -0.2) is 4.79 Å². The van der Waals surface area contributed by atoms with Gasteiger partial charge in [0.15, 0.2) is 0 Å². The van der Waals surface area contributed by atoms with Gasteiger partial charge in [-0.15, -0.1) is 11.8 Å². The molecule has 0 bridgehead atoms. The van der Waals surface area contributed by atoms with Gasteiger partial charge < -0.3 is 9.84 Å². The minimum Gasteiger partial charge on any atom is -0.478 e. The van der Waals surface area contributed by atoms with Crippen LogP contribution in [0, 0.1) is 6.92 Å². The Balaban J connectivity index is 2.37. The van der Waals surface area contributed by atoms with Crippen molar-refractivity contribution in [2.75, 3.05) is 6.26 Å². The summed E-state index contributed by atoms with van der Waals surface area (Å²) in [4.78, 5) is 12.0. The third-order valence-electron chi connectivity index (χ3n) is 2.72. The molecular formula is C15H14O3S. The lowest BCUT2D eigenvalue weighted by Crippen LogP contribution is -1.98. The van der Waals surface area contributed by atoms with Crippen molar-refractivity contribution >= 4 is 17.7 Å². The molecular weight excluding hydrogens is 260 g/mol. The molecule has 0 aliphatic rings. The first-order valence-corrected chi connectivity index (χ1v) is 6.99. The van der Waals surface area contributed by atoms with E-state index in [0.29, 0.717) is 5.75 Å². The van der Waals surface area contributed by atoms with Crippen molar-refractivity contribution in [3.05, 3.63) is 53.6 Å². The predicted molar refractivity (Wildman–Crippen MR) is 76.4 cm³/mol. The van der Waals surface area contributed by atoms with Crippen LogP contribution in [0.3, 0.4) is 0 Å². The van der Waals surface area contributed by atoms with Crippen LogP contribution in [0.1, 0.15) is 15.9 Å². The van der Waals surface area contributed by atoms with Gasteiger partial charge in [0.2, 0.25) is 0 Å². The maximum Gasteiger partial charge on any atom is 0.335 e. The number of thioether (sulfide) groups is 1. The van der Waals surface area contributed by atoms with Gasteiger partial charge in [-0.3, -0.25) is 0 Å². The smallest absolute Gasteiger partial charge is 0.335 e. The maximum atomic E-state index is 11.0. The zero-order chi connectivity index (χ0) is 13.8. The average Bonchev–Trinajstić information content (AvgIpc) is 2.41. The summed E-state index contributed by atoms with van der Waals surface area (Å²) in [6.07, 6.45) is 1.97. The van der Waals surface area contributed by atoms with Gasteiger partial charge in [0.1, 0.15) is 11.5 Å². The molecule has 4 heteroatoms. The molecule has 0 radical (unpaired) electrons. The largest absolute Gasteiger partial charge is 0.478 e. The highest BCUT2D eigenvalue weighted by atomic mass is 32.2. The summed E-state index contributed by atoms with van der Waals surface area (Å²) < 4.78 is 5.84. The minimum atomic E-state index is -0.956. The Labute approximate surface area is 116 Å². The number of rotatable bonds is 4. The second-order valence-electron chi connectivity index (χ2n) is 4.04. The van der Waals surface area contributed by atoms with Crippen LogP contribution < -0.4 is 4.74 Å². The minimum absolute atomic E-state index is 0.224. The normalized spacial score (nSPS) is 10.2. The van der Waals surface area contributed by atoms with E-state index in [4.69, 9.17) is 9.84 Å². The average molecular weight is 274 g/mol. The van der Waals surface area contributed by atoms with Crippen LogP contribution >= 0.6 is 11.8 Å². The lowest BCUT2D eigenvalue weighted by molar-refractivity contribution is 0.0696. The van der Waals surface area contributed by atoms with Crippen LogP contribution in [0.2, 0.25) is 0 Å². The summed E-state index contributed by atoms with van der Waals surface area (Å²) in [6.45, 7) is 1.89. The zero-order valence-electron chi connectivity index (χ0n) is 10.7. The van der Waals surface area contributed by atoms with Gasteiger partial charge in [-0.05, 0) is 43.0 Å². The number of carbonyl (C=O) groups is 1. The number of carboxylic acids is 1. The van der Waals surface area contributed by atoms with Crippen molar-refractivity contribution < 1.29 is 14.6 Å². The number of aromatic carboxylic acids is 1. The van der Waals surface area contributed by atoms with E-state index < -0.39 is 5.97 Å². The Hall–Kier alpha value is -1.94. The summed E-state index contributed by atoms with van der Waals surface area (Å²) in [5, 5.41) is 9.01. The molecule has 0 amide bonds. The first-order valence-electron chi connectivity index (χ1n) is 5.76. The number of para-hydroxylation sites is 1. The van der Waals surface area contributed by atoms with E-state index in [1.165, 1.54) is 0 Å². The van der Waals surface area contributed by atoms with Crippen molar-refractivity contribution in [1.82, 2.24) is 0 Å². The van der Waals surface area contributed by atoms with Crippen LogP contribution in [-0.2, 0) is 0 Å². The molecule has 0 aliphatic heterocycles. The Morgan fingerprint density at radius 2 is 1.89 bits per heavy atom. The van der Waals surface area contributed by atoms with E-state index in [-0.39, 0.29) is 5.56 Å². The fourth-order valence-electron chi connectivity index (χ4n) is 1.66. The summed E-state index contributed by atoms with van der Waals surface area (Å²) in [6, 6.07) is 12.6. The number of benzene rings is 2. The highest BCUT2D eigenvalue weighted by molar-refractivity contribution is 7.98. The lowest BCUT2D eigenvalue weighted by Gasteiger charge is -2.12. The highest BCUT2D eigenvalue weighted by Gasteiger charge is 2.09. The van der Waals surface area contributed by atoms with Crippen molar-refractivity contribution in [3.8, 4) is 11.5 Å². The molecule has 2 aromatic carbocycles. The standard InChI is InChI=1S/C15H14O3S/c1-10-7-8-11(15(16)17)9-13(10)18-12-5-3-4-6-14(12)19-2/h3-9H,1-2H3,(H,16,17). The van der Waals surface area contributed by atoms with E-state index >= 15 is 0 Å². The molecule has 3 nitrogen and oxygen atoms in total. The molecule has 19 heavy (non-hydrogen) atoms. The molecule has 0 aliphatic carbocycles. The molecule has 0 unspecified atom stereocenters. The Kier molecular flexibility index (Phi) is 4.12. The van der Waals surface area contributed by atoms with Gasteiger partial charge in [-0.2, -0.15) is 0 Å². The molecule has 0 saturated carbocycles. The molecule has 1 N–H and O–H groups in total. The number of hydrogen-bond donors (Lipinski definition) is 1. The summed E-state index contributed by atoms with van der Waals surface area (Å²) in [5.41, 5.74) is 1.13. The van der Waals surface area contributed by atoms with Crippen molar-refractivity contribution in [2.24, 2.45) is 0 Å². The number of carboxylic acid groups (broad SMARTS) is 1. The third kappa shape index (κ3) is 3.09. The fourth-order valence-corrected chi connectivity index (χ4v) is 2.19. The number of aryl methyl sites for hydroxylation is 1. The molecule has 2 aromatic rings. The van der Waals surface area contributed by atoms with Gasteiger partial charge >= 0.3 is 5.97 Å². The van der Waals surface area contributed by atoms with Crippen LogP contribution in [-0.4, -0.2) is 17.3 Å². The van der Waals surface area contributed by atoms with E-state index in [0.717, 1.165) is 16.2 Å². The van der Waals surface area contributed by atoms with E-state index in [2.05, 4.69) is 0 Å². The Bertz CT molecular complexity index is 608. The van der Waals surface area contributed by atoms with E-state index in [9.17, 15) is 4.79 Å². The highest BCUT2D eigenvalue weighted by Crippen LogP contribution is 2.33. The summed E-state index contributed by atoms with van der Waals surface area (Å²) in [7, 11) is 0. The molecule has 0 atom stereocenters. The second kappa shape index (κ2) is 5.80. The maximum absolute atomic E-state index is 11.0. The first-order chi connectivity index (χ1) is 9.11. The molecule has 0 heterocycles. The summed E-state index contributed by atoms with van der Waals surface area (Å²) in [5.74, 6) is 0.352. The van der Waals surface area contributed by atoms with Gasteiger partial charge in [0.05, 0.1) is 5.56 Å². The second-order valence-corrected chi connectivity index (χ2v) is 4.89. The third-order valence-corrected chi connectivity index (χ3v) is 3.50. The molecule has 0 spiro atoms. The molecule has 2 rings (SSSR count). The Morgan fingerprint density at radius 3 is 2.58 bits per heavy atom. The van der Waals surface area contributed by atoms with E-state index in [1.807, 2.05) is 37.4 Å². The van der Waals surface area contributed by atoms with Crippen molar-refractivity contribution in [2.45, 2.75) is 11.8 Å². The quantitative estimate of drug-likeness (QED) is 0.848.